The maximum absolute atomic E-state index is 12.6. The maximum Gasteiger partial charge on any atom is 0.223 e. The molecule has 1 aliphatic rings. The zero-order valence-electron chi connectivity index (χ0n) is 16.1. The minimum atomic E-state index is -2.76. The van der Waals surface area contributed by atoms with Crippen LogP contribution in [0, 0.1) is 5.92 Å². The number of likely N-dealkylation sites (tertiary alicyclic amines) is 1. The van der Waals surface area contributed by atoms with Crippen molar-refractivity contribution < 1.29 is 21.1 Å². The molecule has 1 unspecified atom stereocenters. The van der Waals surface area contributed by atoms with Gasteiger partial charge < -0.3 is 14.4 Å². The highest BCUT2D eigenvalue weighted by Gasteiger charge is 2.44. The number of carbonyl (C=O) groups is 1. The lowest BCUT2D eigenvalue weighted by Crippen LogP contribution is -2.57. The van der Waals surface area contributed by atoms with Gasteiger partial charge in [0.15, 0.2) is 5.79 Å². The fourth-order valence-corrected chi connectivity index (χ4v) is 2.13. The van der Waals surface area contributed by atoms with Crippen LogP contribution >= 0.6 is 0 Å². The van der Waals surface area contributed by atoms with Gasteiger partial charge in [-0.05, 0) is 5.56 Å². The van der Waals surface area contributed by atoms with Crippen LogP contribution in [0.3, 0.4) is 0 Å². The van der Waals surface area contributed by atoms with Crippen LogP contribution in [0.5, 0.6) is 0 Å². The Bertz CT molecular complexity index is 587. The molecule has 4 heteroatoms. The fraction of sp³-hybridized carbons (Fsp3) is 0.533. The minimum absolute atomic E-state index is 0.140. The number of benzene rings is 1. The van der Waals surface area contributed by atoms with Gasteiger partial charge in [-0.2, -0.15) is 0 Å². The number of hydrogen-bond acceptors (Lipinski definition) is 3. The van der Waals surface area contributed by atoms with Crippen molar-refractivity contribution in [3.05, 3.63) is 35.9 Å². The molecule has 104 valence electrons. The smallest absolute Gasteiger partial charge is 0.223 e. The van der Waals surface area contributed by atoms with E-state index in [-0.39, 0.29) is 13.1 Å². The monoisotopic (exact) mass is 268 g/mol. The van der Waals surface area contributed by atoms with Crippen molar-refractivity contribution >= 4 is 5.91 Å². The Balaban J connectivity index is 2.44. The molecule has 2 rings (SSSR count). The van der Waals surface area contributed by atoms with Crippen molar-refractivity contribution in [3.63, 3.8) is 0 Å². The SMILES string of the molecule is [2H]C([2H])([2H])C1C(OC)(OC)CN(Cc2ccccc2)C(=O)C1([2H])[2H]. The summed E-state index contributed by atoms with van der Waals surface area (Å²) >= 11 is 0. The van der Waals surface area contributed by atoms with Crippen LogP contribution in [0.25, 0.3) is 0 Å². The van der Waals surface area contributed by atoms with Crippen LogP contribution in [-0.4, -0.2) is 37.4 Å². The van der Waals surface area contributed by atoms with Gasteiger partial charge >= 0.3 is 0 Å². The van der Waals surface area contributed by atoms with Crippen molar-refractivity contribution in [2.24, 2.45) is 5.92 Å². The Morgan fingerprint density at radius 1 is 1.42 bits per heavy atom. The van der Waals surface area contributed by atoms with E-state index in [1.54, 1.807) is 12.1 Å². The van der Waals surface area contributed by atoms with Gasteiger partial charge in [0, 0.05) is 39.9 Å². The average Bonchev–Trinajstić information content (AvgIpc) is 2.51. The van der Waals surface area contributed by atoms with E-state index in [0.717, 1.165) is 5.56 Å². The summed E-state index contributed by atoms with van der Waals surface area (Å²) in [5.74, 6) is -4.36. The van der Waals surface area contributed by atoms with Crippen molar-refractivity contribution in [1.82, 2.24) is 4.90 Å². The third kappa shape index (κ3) is 2.80. The molecule has 1 saturated heterocycles. The fourth-order valence-electron chi connectivity index (χ4n) is 2.13. The Kier molecular flexibility index (Phi) is 2.62. The van der Waals surface area contributed by atoms with Gasteiger partial charge in [0.1, 0.15) is 0 Å². The van der Waals surface area contributed by atoms with Crippen LogP contribution in [0.1, 0.15) is 25.6 Å². The first-order chi connectivity index (χ1) is 11.1. The van der Waals surface area contributed by atoms with Crippen LogP contribution < -0.4 is 0 Å². The molecule has 1 amide bonds. The molecule has 1 aromatic carbocycles. The predicted octanol–water partition coefficient (Wildman–Crippen LogP) is 2.04. The molecule has 19 heavy (non-hydrogen) atoms. The minimum Gasteiger partial charge on any atom is -0.351 e. The normalized spacial score (nSPS) is 29.8. The van der Waals surface area contributed by atoms with Crippen LogP contribution in [0.4, 0.5) is 0 Å². The molecule has 0 radical (unpaired) electrons. The van der Waals surface area contributed by atoms with Gasteiger partial charge in [-0.3, -0.25) is 4.79 Å². The molecule has 1 aromatic rings. The van der Waals surface area contributed by atoms with Crippen molar-refractivity contribution in [3.8, 4) is 0 Å². The van der Waals surface area contributed by atoms with E-state index in [9.17, 15) is 4.79 Å². The first kappa shape index (κ1) is 8.72. The van der Waals surface area contributed by atoms with Crippen molar-refractivity contribution in [2.45, 2.75) is 25.6 Å². The highest BCUT2D eigenvalue weighted by Crippen LogP contribution is 2.32. The molecule has 1 fully saturated rings. The Morgan fingerprint density at radius 3 is 2.68 bits per heavy atom. The largest absolute Gasteiger partial charge is 0.351 e. The summed E-state index contributed by atoms with van der Waals surface area (Å²) in [6.07, 6.45) is -2.65. The second-order valence-corrected chi connectivity index (χ2v) is 4.44. The number of ether oxygens (including phenoxy) is 2. The third-order valence-electron chi connectivity index (χ3n) is 3.31. The number of amides is 1. The van der Waals surface area contributed by atoms with E-state index in [2.05, 4.69) is 0 Å². The lowest BCUT2D eigenvalue weighted by atomic mass is 9.91. The standard InChI is InChI=1S/C15H21NO3/c1-12-9-14(17)16(11-15(12,18-2)19-3)10-13-7-5-4-6-8-13/h4-8,12H,9-11H2,1-3H3/i1D3,9D2. The van der Waals surface area contributed by atoms with Gasteiger partial charge in [0.25, 0.3) is 0 Å². The lowest BCUT2D eigenvalue weighted by molar-refractivity contribution is -0.256. The number of hydrogen-bond donors (Lipinski definition) is 0. The van der Waals surface area contributed by atoms with Crippen LogP contribution in [-0.2, 0) is 20.8 Å². The number of piperidine rings is 1. The maximum atomic E-state index is 12.6. The molecular formula is C15H21NO3. The molecule has 1 atom stereocenters. The first-order valence-corrected chi connectivity index (χ1v) is 6.02. The molecule has 4 nitrogen and oxygen atoms in total. The van der Waals surface area contributed by atoms with Crippen LogP contribution in [0.2, 0.25) is 0 Å². The molecule has 0 saturated carbocycles. The summed E-state index contributed by atoms with van der Waals surface area (Å²) in [5, 5.41) is 0. The second kappa shape index (κ2) is 5.72. The van der Waals surface area contributed by atoms with Gasteiger partial charge in [0.2, 0.25) is 5.91 Å². The Hall–Kier alpha value is -1.39. The summed E-state index contributed by atoms with van der Waals surface area (Å²) in [7, 11) is 2.52. The number of carbonyl (C=O) groups excluding carboxylic acids is 1. The quantitative estimate of drug-likeness (QED) is 0.784. The highest BCUT2D eigenvalue weighted by atomic mass is 16.7. The first-order valence-electron chi connectivity index (χ1n) is 8.52. The van der Waals surface area contributed by atoms with Gasteiger partial charge in [-0.15, -0.1) is 0 Å². The molecule has 0 aromatic heterocycles. The zero-order chi connectivity index (χ0) is 18.2. The second-order valence-electron chi connectivity index (χ2n) is 4.44. The van der Waals surface area contributed by atoms with Crippen LogP contribution in [0.15, 0.2) is 30.3 Å². The van der Waals surface area contributed by atoms with E-state index >= 15 is 0 Å². The topological polar surface area (TPSA) is 38.8 Å². The van der Waals surface area contributed by atoms with Gasteiger partial charge in [-0.1, -0.05) is 37.2 Å². The molecule has 0 aliphatic carbocycles. The molecule has 1 aliphatic heterocycles. The van der Waals surface area contributed by atoms with Crippen molar-refractivity contribution in [1.29, 1.82) is 0 Å². The molecule has 1 heterocycles. The molecule has 0 N–H and O–H groups in total. The summed E-state index contributed by atoms with van der Waals surface area (Å²) in [5.41, 5.74) is 0.801. The average molecular weight is 268 g/mol. The van der Waals surface area contributed by atoms with Gasteiger partial charge in [0.05, 0.1) is 6.54 Å². The Morgan fingerprint density at radius 2 is 2.11 bits per heavy atom. The molecule has 0 bridgehead atoms. The summed E-state index contributed by atoms with van der Waals surface area (Å²) in [6, 6.07) is 9.06. The van der Waals surface area contributed by atoms with Crippen molar-refractivity contribution in [2.75, 3.05) is 20.8 Å². The van der Waals surface area contributed by atoms with E-state index in [1.165, 1.54) is 19.1 Å². The van der Waals surface area contributed by atoms with E-state index in [4.69, 9.17) is 16.3 Å². The zero-order valence-corrected chi connectivity index (χ0v) is 11.1. The number of rotatable bonds is 4. The summed E-state index contributed by atoms with van der Waals surface area (Å²) in [6.45, 7) is -2.79. The highest BCUT2D eigenvalue weighted by molar-refractivity contribution is 5.77. The number of methoxy groups -OCH3 is 2. The molecule has 0 spiro atoms. The number of nitrogens with zero attached hydrogens (tertiary/aromatic N) is 1. The summed E-state index contributed by atoms with van der Waals surface area (Å²) in [4.78, 5) is 13.9. The van der Waals surface area contributed by atoms with E-state index < -0.39 is 30.8 Å². The molecular weight excluding hydrogens is 242 g/mol. The van der Waals surface area contributed by atoms with E-state index in [0.29, 0.717) is 0 Å². The summed E-state index contributed by atoms with van der Waals surface area (Å²) < 4.78 is 50.0. The van der Waals surface area contributed by atoms with E-state index in [1.807, 2.05) is 18.2 Å². The Labute approximate surface area is 121 Å². The third-order valence-corrected chi connectivity index (χ3v) is 3.31. The lowest BCUT2D eigenvalue weighted by Gasteiger charge is -2.44. The predicted molar refractivity (Wildman–Crippen MR) is 72.4 cm³/mol. The van der Waals surface area contributed by atoms with Gasteiger partial charge in [-0.25, -0.2) is 0 Å².